The third-order valence-corrected chi connectivity index (χ3v) is 4.08. The molecule has 68 valence electrons. The van der Waals surface area contributed by atoms with Crippen molar-refractivity contribution in [2.45, 2.75) is 32.2 Å². The molecule has 0 unspecified atom stereocenters. The molecule has 0 saturated carbocycles. The molecule has 2 aliphatic rings. The van der Waals surface area contributed by atoms with Crippen LogP contribution in [-0.2, 0) is 19.4 Å². The van der Waals surface area contributed by atoms with Crippen LogP contribution in [0.25, 0.3) is 0 Å². The van der Waals surface area contributed by atoms with Gasteiger partial charge in [0, 0.05) is 10.4 Å². The van der Waals surface area contributed by atoms with E-state index in [1.54, 1.807) is 10.4 Å². The third kappa shape index (κ3) is 1.10. The van der Waals surface area contributed by atoms with Gasteiger partial charge < -0.3 is 5.32 Å². The van der Waals surface area contributed by atoms with Crippen LogP contribution in [0.1, 0.15) is 28.8 Å². The lowest BCUT2D eigenvalue weighted by molar-refractivity contribution is 0.691. The summed E-state index contributed by atoms with van der Waals surface area (Å²) in [6.45, 7) is 0.897. The summed E-state index contributed by atoms with van der Waals surface area (Å²) in [5.41, 5.74) is 3.08. The number of aryl methyl sites for hydroxylation is 1. The van der Waals surface area contributed by atoms with Gasteiger partial charge in [0.1, 0.15) is 0 Å². The van der Waals surface area contributed by atoms with E-state index in [0.717, 1.165) is 6.54 Å². The van der Waals surface area contributed by atoms with Gasteiger partial charge in [-0.15, -0.1) is 11.3 Å². The van der Waals surface area contributed by atoms with E-state index in [2.05, 4.69) is 10.3 Å². The Morgan fingerprint density at radius 2 is 2.15 bits per heavy atom. The van der Waals surface area contributed by atoms with Crippen LogP contribution in [-0.4, -0.2) is 6.34 Å². The summed E-state index contributed by atoms with van der Waals surface area (Å²) in [5.74, 6) is 0. The molecule has 1 aromatic heterocycles. The fourth-order valence-electron chi connectivity index (χ4n) is 2.16. The van der Waals surface area contributed by atoms with Crippen molar-refractivity contribution < 1.29 is 0 Å². The monoisotopic (exact) mass is 192 g/mol. The zero-order chi connectivity index (χ0) is 8.67. The minimum Gasteiger partial charge on any atom is -0.338 e. The van der Waals surface area contributed by atoms with Crippen molar-refractivity contribution >= 4 is 22.7 Å². The number of aliphatic imine (C=N–C) groups is 1. The molecule has 3 rings (SSSR count). The van der Waals surface area contributed by atoms with Crippen molar-refractivity contribution in [2.75, 3.05) is 5.32 Å². The first-order chi connectivity index (χ1) is 6.45. The molecule has 0 aromatic carbocycles. The molecule has 0 spiro atoms. The fraction of sp³-hybridized carbons (Fsp3) is 0.500. The Bertz CT molecular complexity index is 365. The van der Waals surface area contributed by atoms with Gasteiger partial charge in [0.15, 0.2) is 0 Å². The van der Waals surface area contributed by atoms with Crippen LogP contribution in [0.3, 0.4) is 0 Å². The normalized spacial score (nSPS) is 19.1. The zero-order valence-electron chi connectivity index (χ0n) is 7.47. The summed E-state index contributed by atoms with van der Waals surface area (Å²) in [6, 6.07) is 0. The van der Waals surface area contributed by atoms with E-state index in [1.807, 2.05) is 17.7 Å². The summed E-state index contributed by atoms with van der Waals surface area (Å²) in [7, 11) is 0. The lowest BCUT2D eigenvalue weighted by Gasteiger charge is -2.12. The van der Waals surface area contributed by atoms with Crippen LogP contribution in [0.5, 0.6) is 0 Å². The largest absolute Gasteiger partial charge is 0.338 e. The molecule has 1 aromatic rings. The van der Waals surface area contributed by atoms with Crippen LogP contribution in [0, 0.1) is 0 Å². The Balaban J connectivity index is 2.11. The highest BCUT2D eigenvalue weighted by molar-refractivity contribution is 7.16. The number of hydrogen-bond acceptors (Lipinski definition) is 3. The van der Waals surface area contributed by atoms with Gasteiger partial charge >= 0.3 is 0 Å². The molecule has 0 radical (unpaired) electrons. The quantitative estimate of drug-likeness (QED) is 0.671. The van der Waals surface area contributed by atoms with Crippen LogP contribution < -0.4 is 5.32 Å². The average molecular weight is 192 g/mol. The summed E-state index contributed by atoms with van der Waals surface area (Å²) in [4.78, 5) is 5.88. The number of hydrogen-bond donors (Lipinski definition) is 1. The average Bonchev–Trinajstić information content (AvgIpc) is 2.56. The Labute approximate surface area is 81.7 Å². The second-order valence-electron chi connectivity index (χ2n) is 3.63. The maximum Gasteiger partial charge on any atom is 0.0990 e. The molecule has 2 nitrogen and oxygen atoms in total. The second kappa shape index (κ2) is 2.84. The van der Waals surface area contributed by atoms with E-state index in [0.29, 0.717) is 0 Å². The van der Waals surface area contributed by atoms with Gasteiger partial charge in [-0.25, -0.2) is 0 Å². The second-order valence-corrected chi connectivity index (χ2v) is 4.74. The van der Waals surface area contributed by atoms with Crippen molar-refractivity contribution in [1.29, 1.82) is 0 Å². The zero-order valence-corrected chi connectivity index (χ0v) is 8.28. The fourth-order valence-corrected chi connectivity index (χ4v) is 3.42. The van der Waals surface area contributed by atoms with Crippen LogP contribution in [0.2, 0.25) is 0 Å². The summed E-state index contributed by atoms with van der Waals surface area (Å²) < 4.78 is 0. The molecule has 0 saturated heterocycles. The predicted molar refractivity (Wildman–Crippen MR) is 56.8 cm³/mol. The first-order valence-electron chi connectivity index (χ1n) is 4.83. The number of thiophene rings is 1. The number of nitrogens with zero attached hydrogens (tertiary/aromatic N) is 1. The van der Waals surface area contributed by atoms with E-state index in [1.165, 1.54) is 36.2 Å². The van der Waals surface area contributed by atoms with E-state index < -0.39 is 0 Å². The summed E-state index contributed by atoms with van der Waals surface area (Å²) in [5, 5.41) is 4.60. The van der Waals surface area contributed by atoms with E-state index >= 15 is 0 Å². The standard InChI is InChI=1S/C10H12N2S/c1-2-4-9-7(3-1)8-5-11-6-12-10(8)13-9/h6H,1-5H2,(H,11,12). The van der Waals surface area contributed by atoms with Gasteiger partial charge in [-0.2, -0.15) is 0 Å². The Morgan fingerprint density at radius 1 is 1.23 bits per heavy atom. The maximum absolute atomic E-state index is 4.27. The molecule has 1 aliphatic heterocycles. The van der Waals surface area contributed by atoms with E-state index in [9.17, 15) is 0 Å². The highest BCUT2D eigenvalue weighted by Crippen LogP contribution is 2.39. The number of nitrogens with one attached hydrogen (secondary N) is 1. The summed E-state index contributed by atoms with van der Waals surface area (Å²) >= 11 is 1.94. The lowest BCUT2D eigenvalue weighted by atomic mass is 9.95. The van der Waals surface area contributed by atoms with Crippen molar-refractivity contribution in [1.82, 2.24) is 0 Å². The predicted octanol–water partition coefficient (Wildman–Crippen LogP) is 2.58. The molecule has 0 bridgehead atoms. The molecule has 0 atom stereocenters. The topological polar surface area (TPSA) is 24.4 Å². The maximum atomic E-state index is 4.27. The smallest absolute Gasteiger partial charge is 0.0990 e. The summed E-state index contributed by atoms with van der Waals surface area (Å²) in [6.07, 6.45) is 7.12. The molecule has 13 heavy (non-hydrogen) atoms. The molecule has 1 aliphatic carbocycles. The van der Waals surface area contributed by atoms with Crippen LogP contribution in [0.15, 0.2) is 4.99 Å². The van der Waals surface area contributed by atoms with Crippen molar-refractivity contribution in [3.05, 3.63) is 16.0 Å². The van der Waals surface area contributed by atoms with Gasteiger partial charge in [0.05, 0.1) is 17.9 Å². The highest BCUT2D eigenvalue weighted by atomic mass is 32.1. The van der Waals surface area contributed by atoms with E-state index in [4.69, 9.17) is 0 Å². The third-order valence-electron chi connectivity index (χ3n) is 2.82. The van der Waals surface area contributed by atoms with E-state index in [-0.39, 0.29) is 0 Å². The molecule has 0 fully saturated rings. The van der Waals surface area contributed by atoms with Gasteiger partial charge in [0.2, 0.25) is 0 Å². The Kier molecular flexibility index (Phi) is 1.65. The number of fused-ring (bicyclic) bond motifs is 3. The van der Waals surface area contributed by atoms with Gasteiger partial charge in [-0.3, -0.25) is 4.99 Å². The molecule has 3 heteroatoms. The van der Waals surface area contributed by atoms with Crippen LogP contribution in [0.4, 0.5) is 5.00 Å². The first kappa shape index (κ1) is 7.56. The molecule has 0 amide bonds. The first-order valence-corrected chi connectivity index (χ1v) is 5.65. The van der Waals surface area contributed by atoms with Gasteiger partial charge in [-0.05, 0) is 31.2 Å². The molecular weight excluding hydrogens is 180 g/mol. The van der Waals surface area contributed by atoms with Crippen molar-refractivity contribution in [3.8, 4) is 0 Å². The van der Waals surface area contributed by atoms with Crippen molar-refractivity contribution in [3.63, 3.8) is 0 Å². The minimum absolute atomic E-state index is 0.897. The number of rotatable bonds is 0. The molecule has 2 heterocycles. The number of anilines is 1. The Morgan fingerprint density at radius 3 is 3.15 bits per heavy atom. The van der Waals surface area contributed by atoms with Crippen molar-refractivity contribution in [2.24, 2.45) is 4.99 Å². The molecular formula is C10H12N2S. The Hall–Kier alpha value is -0.830. The SMILES string of the molecule is C1=NCc2c(sc3c2CCCC3)N1. The molecule has 1 N–H and O–H groups in total. The lowest BCUT2D eigenvalue weighted by Crippen LogP contribution is -2.05. The minimum atomic E-state index is 0.897. The van der Waals surface area contributed by atoms with Gasteiger partial charge in [0.25, 0.3) is 0 Å². The van der Waals surface area contributed by atoms with Gasteiger partial charge in [-0.1, -0.05) is 0 Å². The van der Waals surface area contributed by atoms with Crippen LogP contribution >= 0.6 is 11.3 Å². The highest BCUT2D eigenvalue weighted by Gasteiger charge is 2.20.